The van der Waals surface area contributed by atoms with Gasteiger partial charge in [0.2, 0.25) is 0 Å². The molecule has 26 heavy (non-hydrogen) atoms. The average molecular weight is 382 g/mol. The molecule has 130 valence electrons. The van der Waals surface area contributed by atoms with Gasteiger partial charge in [-0.25, -0.2) is 4.98 Å². The minimum atomic E-state index is -0.263. The number of carbonyl (C=O) groups excluding carboxylic acids is 1. The van der Waals surface area contributed by atoms with Gasteiger partial charge in [-0.1, -0.05) is 60.1 Å². The van der Waals surface area contributed by atoms with E-state index < -0.39 is 0 Å². The lowest BCUT2D eigenvalue weighted by Gasteiger charge is -2.11. The molecule has 1 unspecified atom stereocenters. The van der Waals surface area contributed by atoms with Crippen molar-refractivity contribution in [2.24, 2.45) is 0 Å². The van der Waals surface area contributed by atoms with E-state index in [0.717, 1.165) is 21.3 Å². The molecule has 0 aliphatic carbocycles. The van der Waals surface area contributed by atoms with Crippen LogP contribution in [0.4, 0.5) is 0 Å². The molecule has 2 heterocycles. The molecule has 0 saturated heterocycles. The third-order valence-corrected chi connectivity index (χ3v) is 5.85. The number of fused-ring (bicyclic) bond motifs is 1. The number of nitrogens with one attached hydrogen (secondary N) is 2. The van der Waals surface area contributed by atoms with Crippen LogP contribution in [0.1, 0.15) is 28.5 Å². The highest BCUT2D eigenvalue weighted by Gasteiger charge is 2.20. The van der Waals surface area contributed by atoms with Gasteiger partial charge in [0.15, 0.2) is 0 Å². The van der Waals surface area contributed by atoms with Crippen LogP contribution in [-0.4, -0.2) is 15.9 Å². The first kappa shape index (κ1) is 16.8. The van der Waals surface area contributed by atoms with Gasteiger partial charge in [-0.15, -0.1) is 11.3 Å². The van der Waals surface area contributed by atoms with E-state index in [4.69, 9.17) is 11.6 Å². The number of halogens is 1. The summed E-state index contributed by atoms with van der Waals surface area (Å²) >= 11 is 7.79. The van der Waals surface area contributed by atoms with Crippen LogP contribution in [0, 0.1) is 0 Å². The average Bonchev–Trinajstić information content (AvgIpc) is 3.28. The van der Waals surface area contributed by atoms with Crippen molar-refractivity contribution in [3.05, 3.63) is 76.5 Å². The van der Waals surface area contributed by atoms with Gasteiger partial charge in [0.05, 0.1) is 23.0 Å². The zero-order chi connectivity index (χ0) is 18.1. The fourth-order valence-corrected chi connectivity index (χ4v) is 4.23. The van der Waals surface area contributed by atoms with Crippen LogP contribution in [0.25, 0.3) is 21.3 Å². The highest BCUT2D eigenvalue weighted by molar-refractivity contribution is 7.21. The van der Waals surface area contributed by atoms with E-state index in [0.29, 0.717) is 15.7 Å². The number of nitrogens with zero attached hydrogens (tertiary/aromatic N) is 1. The van der Waals surface area contributed by atoms with Crippen molar-refractivity contribution in [2.45, 2.75) is 13.0 Å². The highest BCUT2D eigenvalue weighted by Crippen LogP contribution is 2.35. The van der Waals surface area contributed by atoms with E-state index in [2.05, 4.69) is 15.3 Å². The Morgan fingerprint density at radius 2 is 1.88 bits per heavy atom. The van der Waals surface area contributed by atoms with Gasteiger partial charge in [-0.3, -0.25) is 4.79 Å². The second-order valence-electron chi connectivity index (χ2n) is 5.98. The molecule has 4 nitrogen and oxygen atoms in total. The molecule has 1 atom stereocenters. The molecular weight excluding hydrogens is 366 g/mol. The molecule has 0 bridgehead atoms. The zero-order valence-corrected chi connectivity index (χ0v) is 15.6. The second kappa shape index (κ2) is 6.94. The maximum absolute atomic E-state index is 12.7. The maximum atomic E-state index is 12.7. The van der Waals surface area contributed by atoms with Crippen LogP contribution in [0.15, 0.2) is 60.8 Å². The summed E-state index contributed by atoms with van der Waals surface area (Å²) in [5.41, 5.74) is 1.97. The van der Waals surface area contributed by atoms with Crippen LogP contribution < -0.4 is 5.32 Å². The van der Waals surface area contributed by atoms with Crippen LogP contribution in [0.3, 0.4) is 0 Å². The molecule has 0 saturated carbocycles. The summed E-state index contributed by atoms with van der Waals surface area (Å²) in [6.45, 7) is 1.90. The summed E-state index contributed by atoms with van der Waals surface area (Å²) in [5.74, 6) is 0.510. The predicted molar refractivity (Wildman–Crippen MR) is 107 cm³/mol. The van der Waals surface area contributed by atoms with Gasteiger partial charge in [-0.2, -0.15) is 0 Å². The van der Waals surface area contributed by atoms with Crippen molar-refractivity contribution >= 4 is 38.9 Å². The van der Waals surface area contributed by atoms with Crippen LogP contribution in [0.5, 0.6) is 0 Å². The Balaban J connectivity index is 1.54. The Labute approximate surface area is 159 Å². The molecule has 2 aromatic carbocycles. The summed E-state index contributed by atoms with van der Waals surface area (Å²) in [5, 5.41) is 4.38. The molecule has 4 aromatic rings. The Bertz CT molecular complexity index is 1070. The lowest BCUT2D eigenvalue weighted by Crippen LogP contribution is -2.26. The first-order valence-electron chi connectivity index (χ1n) is 8.21. The summed E-state index contributed by atoms with van der Waals surface area (Å²) in [6, 6.07) is 17.4. The second-order valence-corrected chi connectivity index (χ2v) is 7.41. The molecule has 6 heteroatoms. The van der Waals surface area contributed by atoms with Gasteiger partial charge in [-0.05, 0) is 18.6 Å². The summed E-state index contributed by atoms with van der Waals surface area (Å²) in [6.07, 6.45) is 1.78. The largest absolute Gasteiger partial charge is 0.342 e. The number of hydrogen-bond acceptors (Lipinski definition) is 3. The van der Waals surface area contributed by atoms with Crippen molar-refractivity contribution in [1.29, 1.82) is 0 Å². The number of thiophene rings is 1. The van der Waals surface area contributed by atoms with E-state index in [1.807, 2.05) is 61.5 Å². The van der Waals surface area contributed by atoms with E-state index >= 15 is 0 Å². The number of aromatic nitrogens is 2. The fourth-order valence-electron chi connectivity index (χ4n) is 2.81. The van der Waals surface area contributed by atoms with E-state index in [-0.39, 0.29) is 11.9 Å². The normalized spacial score (nSPS) is 12.2. The number of imidazole rings is 1. The fraction of sp³-hybridized carbons (Fsp3) is 0.100. The molecule has 2 N–H and O–H groups in total. The SMILES string of the molecule is CC(NC(=O)c1sc2ccccc2c1Cl)c1ncc(-c2ccccc2)[nH]1. The molecule has 0 aliphatic heterocycles. The third kappa shape index (κ3) is 3.11. The molecule has 0 spiro atoms. The molecule has 0 aliphatic rings. The first-order chi connectivity index (χ1) is 12.6. The monoisotopic (exact) mass is 381 g/mol. The van der Waals surface area contributed by atoms with E-state index in [1.54, 1.807) is 6.20 Å². The minimum Gasteiger partial charge on any atom is -0.342 e. The number of H-pyrrole nitrogens is 1. The van der Waals surface area contributed by atoms with E-state index in [1.165, 1.54) is 11.3 Å². The molecule has 0 radical (unpaired) electrons. The Kier molecular flexibility index (Phi) is 4.49. The number of benzene rings is 2. The number of aromatic amines is 1. The van der Waals surface area contributed by atoms with E-state index in [9.17, 15) is 4.79 Å². The summed E-state index contributed by atoms with van der Waals surface area (Å²) in [7, 11) is 0. The van der Waals surface area contributed by atoms with Crippen molar-refractivity contribution in [3.63, 3.8) is 0 Å². The van der Waals surface area contributed by atoms with Crippen LogP contribution >= 0.6 is 22.9 Å². The smallest absolute Gasteiger partial charge is 0.263 e. The van der Waals surface area contributed by atoms with Crippen molar-refractivity contribution in [3.8, 4) is 11.3 Å². The van der Waals surface area contributed by atoms with Crippen LogP contribution in [0.2, 0.25) is 5.02 Å². The molecule has 4 rings (SSSR count). The maximum Gasteiger partial charge on any atom is 0.263 e. The number of rotatable bonds is 4. The summed E-state index contributed by atoms with van der Waals surface area (Å²) in [4.78, 5) is 20.9. The topological polar surface area (TPSA) is 57.8 Å². The zero-order valence-electron chi connectivity index (χ0n) is 14.0. The third-order valence-electron chi connectivity index (χ3n) is 4.18. The number of hydrogen-bond donors (Lipinski definition) is 2. The highest BCUT2D eigenvalue weighted by atomic mass is 35.5. The van der Waals surface area contributed by atoms with Gasteiger partial charge in [0, 0.05) is 10.1 Å². The lowest BCUT2D eigenvalue weighted by atomic mass is 10.2. The Morgan fingerprint density at radius 1 is 1.15 bits per heavy atom. The van der Waals surface area contributed by atoms with Gasteiger partial charge in [0.25, 0.3) is 5.91 Å². The Morgan fingerprint density at radius 3 is 2.65 bits per heavy atom. The first-order valence-corrected chi connectivity index (χ1v) is 9.41. The van der Waals surface area contributed by atoms with Crippen molar-refractivity contribution < 1.29 is 4.79 Å². The lowest BCUT2D eigenvalue weighted by molar-refractivity contribution is 0.0942. The van der Waals surface area contributed by atoms with Crippen molar-refractivity contribution in [2.75, 3.05) is 0 Å². The number of amides is 1. The van der Waals surface area contributed by atoms with Gasteiger partial charge >= 0.3 is 0 Å². The molecule has 1 amide bonds. The Hall–Kier alpha value is -2.63. The summed E-state index contributed by atoms with van der Waals surface area (Å²) < 4.78 is 1.000. The van der Waals surface area contributed by atoms with Crippen LogP contribution in [-0.2, 0) is 0 Å². The van der Waals surface area contributed by atoms with Gasteiger partial charge in [0.1, 0.15) is 10.7 Å². The predicted octanol–water partition coefficient (Wildman–Crippen LogP) is 5.44. The van der Waals surface area contributed by atoms with Gasteiger partial charge < -0.3 is 10.3 Å². The quantitative estimate of drug-likeness (QED) is 0.494. The molecule has 0 fully saturated rings. The molecule has 2 aromatic heterocycles. The molecular formula is C20H16ClN3OS. The minimum absolute atomic E-state index is 0.193. The number of carbonyl (C=O) groups is 1. The van der Waals surface area contributed by atoms with Crippen molar-refractivity contribution in [1.82, 2.24) is 15.3 Å². The standard InChI is InChI=1S/C20H16ClN3OS/c1-12(19-22-11-15(24-19)13-7-3-2-4-8-13)23-20(25)18-17(21)14-9-5-6-10-16(14)26-18/h2-12H,1H3,(H,22,24)(H,23,25).